The minimum absolute atomic E-state index is 0.0547. The third-order valence-electron chi connectivity index (χ3n) is 4.95. The molecular formula is C16H24N4O3S. The minimum atomic E-state index is -3.13. The van der Waals surface area contributed by atoms with Crippen molar-refractivity contribution in [3.05, 3.63) is 0 Å². The maximum Gasteiger partial charge on any atom is 0.220 e. The van der Waals surface area contributed by atoms with Crippen molar-refractivity contribution in [3.63, 3.8) is 0 Å². The van der Waals surface area contributed by atoms with E-state index in [-0.39, 0.29) is 17.7 Å². The molecule has 0 radical (unpaired) electrons. The minimum Gasteiger partial charge on any atom is -0.352 e. The zero-order valence-corrected chi connectivity index (χ0v) is 14.6. The van der Waals surface area contributed by atoms with Crippen LogP contribution in [-0.4, -0.2) is 49.2 Å². The van der Waals surface area contributed by atoms with Crippen molar-refractivity contribution >= 4 is 15.9 Å². The molecule has 2 heterocycles. The summed E-state index contributed by atoms with van der Waals surface area (Å²) in [5.74, 6) is 3.14. The normalized spacial score (nSPS) is 25.1. The number of nitrogens with zero attached hydrogens (tertiary/aromatic N) is 3. The molecule has 1 aliphatic carbocycles. The molecule has 0 spiro atoms. The molecule has 2 aliphatic heterocycles. The van der Waals surface area contributed by atoms with Gasteiger partial charge in [0.15, 0.2) is 5.66 Å². The van der Waals surface area contributed by atoms with Gasteiger partial charge in [-0.25, -0.2) is 8.42 Å². The Morgan fingerprint density at radius 2 is 2.12 bits per heavy atom. The highest BCUT2D eigenvalue weighted by Gasteiger charge is 2.41. The molecule has 0 aromatic carbocycles. The van der Waals surface area contributed by atoms with Crippen LogP contribution in [0.2, 0.25) is 0 Å². The van der Waals surface area contributed by atoms with Crippen molar-refractivity contribution in [1.82, 2.24) is 9.62 Å². The Kier molecular flexibility index (Phi) is 4.92. The van der Waals surface area contributed by atoms with Crippen LogP contribution < -0.4 is 5.32 Å². The van der Waals surface area contributed by atoms with Crippen molar-refractivity contribution in [2.24, 2.45) is 16.1 Å². The maximum atomic E-state index is 12.3. The zero-order valence-electron chi connectivity index (χ0n) is 13.8. The van der Waals surface area contributed by atoms with E-state index in [9.17, 15) is 13.2 Å². The van der Waals surface area contributed by atoms with Gasteiger partial charge in [0.2, 0.25) is 15.9 Å². The van der Waals surface area contributed by atoms with E-state index in [0.717, 1.165) is 12.8 Å². The van der Waals surface area contributed by atoms with Gasteiger partial charge in [0.05, 0.1) is 5.75 Å². The van der Waals surface area contributed by atoms with E-state index in [4.69, 9.17) is 6.42 Å². The molecule has 2 fully saturated rings. The van der Waals surface area contributed by atoms with Gasteiger partial charge in [0, 0.05) is 44.8 Å². The second-order valence-corrected chi connectivity index (χ2v) is 9.01. The van der Waals surface area contributed by atoms with Crippen LogP contribution in [0.3, 0.4) is 0 Å². The zero-order chi connectivity index (χ0) is 17.2. The highest BCUT2D eigenvalue weighted by atomic mass is 32.2. The lowest BCUT2D eigenvalue weighted by molar-refractivity contribution is -0.122. The summed E-state index contributed by atoms with van der Waals surface area (Å²) in [6, 6.07) is -0.0832. The summed E-state index contributed by atoms with van der Waals surface area (Å²) >= 11 is 0. The fourth-order valence-electron chi connectivity index (χ4n) is 3.19. The molecule has 1 saturated heterocycles. The molecule has 132 valence electrons. The molecule has 0 bridgehead atoms. The van der Waals surface area contributed by atoms with Crippen LogP contribution in [0.5, 0.6) is 0 Å². The lowest BCUT2D eigenvalue weighted by atomic mass is 10.0. The van der Waals surface area contributed by atoms with Gasteiger partial charge in [-0.15, -0.1) is 12.3 Å². The SMILES string of the molecule is C#CCCC1(CCC(=O)NC(CN2CCCS2(=O)=O)C2CC2)N=N1. The van der Waals surface area contributed by atoms with Gasteiger partial charge in [-0.2, -0.15) is 14.5 Å². The van der Waals surface area contributed by atoms with Gasteiger partial charge in [-0.3, -0.25) is 4.79 Å². The summed E-state index contributed by atoms with van der Waals surface area (Å²) in [7, 11) is -3.13. The fourth-order valence-corrected chi connectivity index (χ4v) is 4.73. The number of amides is 1. The predicted octanol–water partition coefficient (Wildman–Crippen LogP) is 1.27. The summed E-state index contributed by atoms with van der Waals surface area (Å²) in [5.41, 5.74) is -0.447. The smallest absolute Gasteiger partial charge is 0.220 e. The van der Waals surface area contributed by atoms with E-state index < -0.39 is 15.7 Å². The van der Waals surface area contributed by atoms with Crippen molar-refractivity contribution < 1.29 is 13.2 Å². The molecule has 3 aliphatic rings. The quantitative estimate of drug-likeness (QED) is 0.634. The number of nitrogens with one attached hydrogen (secondary N) is 1. The Hall–Kier alpha value is -1.46. The largest absolute Gasteiger partial charge is 0.352 e. The van der Waals surface area contributed by atoms with Crippen LogP contribution in [0.25, 0.3) is 0 Å². The number of terminal acetylenes is 1. The molecule has 1 amide bonds. The number of sulfonamides is 1. The van der Waals surface area contributed by atoms with Crippen LogP contribution in [0.1, 0.15) is 44.9 Å². The standard InChI is InChI=1S/C16H24N4O3S/c1-2-3-8-16(18-19-16)9-7-15(21)17-14(13-5-6-13)12-20-10-4-11-24(20,22)23/h1,13-14H,3-12H2,(H,17,21). The van der Waals surface area contributed by atoms with Gasteiger partial charge in [-0.05, 0) is 25.2 Å². The molecule has 1 atom stereocenters. The Morgan fingerprint density at radius 1 is 1.38 bits per heavy atom. The first-order valence-corrected chi connectivity index (χ1v) is 10.2. The van der Waals surface area contributed by atoms with E-state index in [1.165, 1.54) is 4.31 Å². The number of carbonyl (C=O) groups is 1. The van der Waals surface area contributed by atoms with Gasteiger partial charge >= 0.3 is 0 Å². The van der Waals surface area contributed by atoms with E-state index in [0.29, 0.717) is 51.1 Å². The Balaban J connectivity index is 1.47. The van der Waals surface area contributed by atoms with Crippen molar-refractivity contribution in [1.29, 1.82) is 0 Å². The molecule has 24 heavy (non-hydrogen) atoms. The van der Waals surface area contributed by atoms with Crippen LogP contribution in [-0.2, 0) is 14.8 Å². The van der Waals surface area contributed by atoms with Gasteiger partial charge in [0.25, 0.3) is 0 Å². The van der Waals surface area contributed by atoms with Crippen LogP contribution in [0.4, 0.5) is 0 Å². The van der Waals surface area contributed by atoms with Gasteiger partial charge in [-0.1, -0.05) is 0 Å². The van der Waals surface area contributed by atoms with Gasteiger partial charge < -0.3 is 5.32 Å². The summed E-state index contributed by atoms with van der Waals surface area (Å²) in [5, 5.41) is 11.1. The number of hydrogen-bond acceptors (Lipinski definition) is 5. The third kappa shape index (κ3) is 4.33. The van der Waals surface area contributed by atoms with Crippen LogP contribution in [0, 0.1) is 18.3 Å². The van der Waals surface area contributed by atoms with Crippen LogP contribution >= 0.6 is 0 Å². The Bertz CT molecular complexity index is 657. The van der Waals surface area contributed by atoms with Crippen LogP contribution in [0.15, 0.2) is 10.2 Å². The topological polar surface area (TPSA) is 91.2 Å². The van der Waals surface area contributed by atoms with Gasteiger partial charge in [0.1, 0.15) is 0 Å². The first kappa shape index (κ1) is 17.4. The lowest BCUT2D eigenvalue weighted by Gasteiger charge is -2.24. The van der Waals surface area contributed by atoms with Crippen molar-refractivity contribution in [2.45, 2.75) is 56.7 Å². The second kappa shape index (κ2) is 6.81. The Morgan fingerprint density at radius 3 is 2.67 bits per heavy atom. The van der Waals surface area contributed by atoms with E-state index >= 15 is 0 Å². The monoisotopic (exact) mass is 352 g/mol. The lowest BCUT2D eigenvalue weighted by Crippen LogP contribution is -2.45. The fraction of sp³-hybridized carbons (Fsp3) is 0.812. The molecule has 7 nitrogen and oxygen atoms in total. The molecule has 1 saturated carbocycles. The third-order valence-corrected chi connectivity index (χ3v) is 6.87. The first-order valence-electron chi connectivity index (χ1n) is 8.59. The summed E-state index contributed by atoms with van der Waals surface area (Å²) < 4.78 is 25.5. The Labute approximate surface area is 143 Å². The van der Waals surface area contributed by atoms with Crippen molar-refractivity contribution in [2.75, 3.05) is 18.8 Å². The predicted molar refractivity (Wildman–Crippen MR) is 89.5 cm³/mol. The average Bonchev–Trinajstić information content (AvgIpc) is 3.44. The van der Waals surface area contributed by atoms with E-state index in [2.05, 4.69) is 21.5 Å². The molecule has 1 unspecified atom stereocenters. The molecule has 0 aromatic heterocycles. The maximum absolute atomic E-state index is 12.3. The summed E-state index contributed by atoms with van der Waals surface area (Å²) in [6.07, 6.45) is 10.2. The summed E-state index contributed by atoms with van der Waals surface area (Å²) in [4.78, 5) is 12.3. The molecular weight excluding hydrogens is 328 g/mol. The first-order chi connectivity index (χ1) is 11.4. The second-order valence-electron chi connectivity index (χ2n) is 6.93. The highest BCUT2D eigenvalue weighted by molar-refractivity contribution is 7.89. The van der Waals surface area contributed by atoms with E-state index in [1.54, 1.807) is 0 Å². The number of rotatable bonds is 9. The number of carbonyl (C=O) groups excluding carboxylic acids is 1. The highest BCUT2D eigenvalue weighted by Crippen LogP contribution is 2.38. The number of hydrogen-bond donors (Lipinski definition) is 1. The molecule has 0 aromatic rings. The van der Waals surface area contributed by atoms with E-state index in [1.807, 2.05) is 0 Å². The molecule has 3 rings (SSSR count). The summed E-state index contributed by atoms with van der Waals surface area (Å²) in [6.45, 7) is 0.962. The molecule has 8 heteroatoms. The average molecular weight is 352 g/mol. The molecule has 1 N–H and O–H groups in total. The van der Waals surface area contributed by atoms with Crippen molar-refractivity contribution in [3.8, 4) is 12.3 Å².